The highest BCUT2D eigenvalue weighted by molar-refractivity contribution is 6.02. The lowest BCUT2D eigenvalue weighted by atomic mass is 9.99. The summed E-state index contributed by atoms with van der Waals surface area (Å²) in [5.41, 5.74) is 5.59. The van der Waals surface area contributed by atoms with Gasteiger partial charge in [0.1, 0.15) is 11.6 Å². The Morgan fingerprint density at radius 3 is 2.79 bits per heavy atom. The van der Waals surface area contributed by atoms with Crippen molar-refractivity contribution < 1.29 is 9.13 Å². The summed E-state index contributed by atoms with van der Waals surface area (Å²) in [6, 6.07) is 11.3. The van der Waals surface area contributed by atoms with Gasteiger partial charge in [-0.05, 0) is 48.4 Å². The van der Waals surface area contributed by atoms with Crippen LogP contribution in [0.2, 0.25) is 0 Å². The summed E-state index contributed by atoms with van der Waals surface area (Å²) in [5.74, 6) is 0.567. The lowest BCUT2D eigenvalue weighted by Crippen LogP contribution is -2.05. The van der Waals surface area contributed by atoms with Crippen molar-refractivity contribution in [1.29, 1.82) is 0 Å². The molecule has 5 nitrogen and oxygen atoms in total. The van der Waals surface area contributed by atoms with E-state index in [0.717, 1.165) is 51.0 Å². The number of rotatable bonds is 4. The van der Waals surface area contributed by atoms with Crippen molar-refractivity contribution in [2.45, 2.75) is 19.9 Å². The number of hydrogen-bond donors (Lipinski definition) is 1. The highest BCUT2D eigenvalue weighted by atomic mass is 19.1. The average molecular weight is 386 g/mol. The number of halogens is 1. The van der Waals surface area contributed by atoms with Gasteiger partial charge >= 0.3 is 0 Å². The molecule has 144 valence electrons. The summed E-state index contributed by atoms with van der Waals surface area (Å²) < 4.78 is 20.0. The van der Waals surface area contributed by atoms with E-state index < -0.39 is 0 Å². The number of nitrogens with zero attached hydrogens (tertiary/aromatic N) is 3. The zero-order valence-corrected chi connectivity index (χ0v) is 15.9. The van der Waals surface area contributed by atoms with E-state index in [1.54, 1.807) is 24.7 Å². The molecule has 0 bridgehead atoms. The smallest absolute Gasteiger partial charge is 0.128 e. The number of benzene rings is 2. The third kappa shape index (κ3) is 3.16. The first-order valence-corrected chi connectivity index (χ1v) is 9.54. The molecular weight excluding hydrogens is 367 g/mol. The van der Waals surface area contributed by atoms with Gasteiger partial charge in [-0.15, -0.1) is 0 Å². The van der Waals surface area contributed by atoms with Gasteiger partial charge in [0.05, 0.1) is 19.0 Å². The largest absolute Gasteiger partial charge is 0.493 e. The SMILES string of the molecule is Cc1cc(-c2ccc(NCc3c(F)ccc4c3CCO4)c3cnncc23)ccn1. The first-order chi connectivity index (χ1) is 14.2. The second-order valence-corrected chi connectivity index (χ2v) is 7.12. The quantitative estimate of drug-likeness (QED) is 0.552. The highest BCUT2D eigenvalue weighted by Crippen LogP contribution is 2.34. The Labute approximate surface area is 167 Å². The molecule has 0 radical (unpaired) electrons. The van der Waals surface area contributed by atoms with Gasteiger partial charge < -0.3 is 10.1 Å². The molecule has 2 aromatic carbocycles. The Morgan fingerprint density at radius 2 is 1.93 bits per heavy atom. The molecule has 1 aliphatic rings. The van der Waals surface area contributed by atoms with Crippen LogP contribution in [0.15, 0.2) is 55.0 Å². The van der Waals surface area contributed by atoms with Crippen LogP contribution >= 0.6 is 0 Å². The van der Waals surface area contributed by atoms with Crippen LogP contribution in [-0.4, -0.2) is 21.8 Å². The summed E-state index contributed by atoms with van der Waals surface area (Å²) in [6.45, 7) is 2.95. The number of anilines is 1. The van der Waals surface area contributed by atoms with E-state index in [-0.39, 0.29) is 5.82 Å². The third-order valence-corrected chi connectivity index (χ3v) is 5.33. The van der Waals surface area contributed by atoms with Crippen molar-refractivity contribution in [3.8, 4) is 16.9 Å². The molecule has 0 saturated carbocycles. The number of ether oxygens (including phenoxy) is 1. The predicted octanol–water partition coefficient (Wildman–Crippen LogP) is 4.69. The summed E-state index contributed by atoms with van der Waals surface area (Å²) in [4.78, 5) is 4.28. The van der Waals surface area contributed by atoms with Gasteiger partial charge in [-0.3, -0.25) is 4.98 Å². The maximum absolute atomic E-state index is 14.5. The number of aromatic nitrogens is 3. The minimum atomic E-state index is -0.213. The Balaban J connectivity index is 1.53. The third-order valence-electron chi connectivity index (χ3n) is 5.33. The van der Waals surface area contributed by atoms with Crippen LogP contribution in [0.3, 0.4) is 0 Å². The minimum Gasteiger partial charge on any atom is -0.493 e. The second kappa shape index (κ2) is 7.13. The molecule has 0 saturated heterocycles. The lowest BCUT2D eigenvalue weighted by Gasteiger charge is -2.14. The normalized spacial score (nSPS) is 12.6. The summed E-state index contributed by atoms with van der Waals surface area (Å²) in [5, 5.41) is 13.4. The number of pyridine rings is 1. The molecule has 4 aromatic rings. The molecule has 2 aromatic heterocycles. The second-order valence-electron chi connectivity index (χ2n) is 7.12. The minimum absolute atomic E-state index is 0.213. The molecule has 1 N–H and O–H groups in total. The van der Waals surface area contributed by atoms with Crippen molar-refractivity contribution in [2.24, 2.45) is 0 Å². The van der Waals surface area contributed by atoms with Crippen LogP contribution in [0, 0.1) is 12.7 Å². The van der Waals surface area contributed by atoms with Crippen molar-refractivity contribution in [3.63, 3.8) is 0 Å². The number of nitrogens with one attached hydrogen (secondary N) is 1. The van der Waals surface area contributed by atoms with Gasteiger partial charge in [-0.2, -0.15) is 10.2 Å². The van der Waals surface area contributed by atoms with E-state index in [2.05, 4.69) is 26.6 Å². The van der Waals surface area contributed by atoms with Crippen molar-refractivity contribution in [3.05, 3.63) is 77.6 Å². The Kier molecular flexibility index (Phi) is 4.31. The standard InChI is InChI=1S/C23H19FN4O/c1-14-10-15(6-8-25-14)16-2-4-22(20-13-28-27-12-18(16)20)26-11-19-17-7-9-29-23(17)5-3-21(19)24/h2-6,8,10,12-13,26H,7,9,11H2,1H3. The van der Waals surface area contributed by atoms with Crippen molar-refractivity contribution in [2.75, 3.05) is 11.9 Å². The van der Waals surface area contributed by atoms with Crippen LogP contribution < -0.4 is 10.1 Å². The topological polar surface area (TPSA) is 59.9 Å². The van der Waals surface area contributed by atoms with E-state index in [1.807, 2.05) is 25.1 Å². The van der Waals surface area contributed by atoms with E-state index in [9.17, 15) is 4.39 Å². The van der Waals surface area contributed by atoms with E-state index in [4.69, 9.17) is 4.74 Å². The van der Waals surface area contributed by atoms with Crippen molar-refractivity contribution >= 4 is 16.5 Å². The molecule has 0 fully saturated rings. The Bertz CT molecular complexity index is 1220. The van der Waals surface area contributed by atoms with Gasteiger partial charge in [-0.25, -0.2) is 4.39 Å². The van der Waals surface area contributed by atoms with Crippen LogP contribution in [0.1, 0.15) is 16.8 Å². The monoisotopic (exact) mass is 386 g/mol. The van der Waals surface area contributed by atoms with E-state index >= 15 is 0 Å². The molecule has 0 amide bonds. The molecule has 5 rings (SSSR count). The predicted molar refractivity (Wildman–Crippen MR) is 110 cm³/mol. The fourth-order valence-corrected chi connectivity index (χ4v) is 3.91. The maximum Gasteiger partial charge on any atom is 0.128 e. The fraction of sp³-hybridized carbons (Fsp3) is 0.174. The first-order valence-electron chi connectivity index (χ1n) is 9.54. The first kappa shape index (κ1) is 17.6. The summed E-state index contributed by atoms with van der Waals surface area (Å²) in [7, 11) is 0. The lowest BCUT2D eigenvalue weighted by molar-refractivity contribution is 0.356. The van der Waals surface area contributed by atoms with Gasteiger partial charge in [0.25, 0.3) is 0 Å². The molecular formula is C23H19FN4O. The van der Waals surface area contributed by atoms with E-state index in [1.165, 1.54) is 6.07 Å². The number of fused-ring (bicyclic) bond motifs is 2. The molecule has 0 unspecified atom stereocenters. The highest BCUT2D eigenvalue weighted by Gasteiger charge is 2.19. The molecule has 1 aliphatic heterocycles. The number of aryl methyl sites for hydroxylation is 1. The molecule has 3 heterocycles. The van der Waals surface area contributed by atoms with Crippen LogP contribution in [0.5, 0.6) is 5.75 Å². The number of hydrogen-bond acceptors (Lipinski definition) is 5. The summed E-state index contributed by atoms with van der Waals surface area (Å²) in [6.07, 6.45) is 6.04. The van der Waals surface area contributed by atoms with Crippen LogP contribution in [0.25, 0.3) is 21.9 Å². The Morgan fingerprint density at radius 1 is 1.07 bits per heavy atom. The van der Waals surface area contributed by atoms with Gasteiger partial charge in [0.15, 0.2) is 0 Å². The van der Waals surface area contributed by atoms with E-state index in [0.29, 0.717) is 18.7 Å². The van der Waals surface area contributed by atoms with Crippen LogP contribution in [-0.2, 0) is 13.0 Å². The summed E-state index contributed by atoms with van der Waals surface area (Å²) >= 11 is 0. The zero-order valence-electron chi connectivity index (χ0n) is 15.9. The van der Waals surface area contributed by atoms with Crippen LogP contribution in [0.4, 0.5) is 10.1 Å². The van der Waals surface area contributed by atoms with Gasteiger partial charge in [-0.1, -0.05) is 6.07 Å². The molecule has 29 heavy (non-hydrogen) atoms. The Hall–Kier alpha value is -3.54. The molecule has 6 heteroatoms. The molecule has 0 aliphatic carbocycles. The fourth-order valence-electron chi connectivity index (χ4n) is 3.91. The molecule has 0 atom stereocenters. The van der Waals surface area contributed by atoms with Gasteiger partial charge in [0, 0.05) is 52.4 Å². The van der Waals surface area contributed by atoms with Crippen molar-refractivity contribution in [1.82, 2.24) is 15.2 Å². The maximum atomic E-state index is 14.5. The molecule has 0 spiro atoms. The average Bonchev–Trinajstić information content (AvgIpc) is 3.22. The zero-order chi connectivity index (χ0) is 19.8. The van der Waals surface area contributed by atoms with Gasteiger partial charge in [0.2, 0.25) is 0 Å².